The van der Waals surface area contributed by atoms with E-state index in [4.69, 9.17) is 4.52 Å². The lowest BCUT2D eigenvalue weighted by molar-refractivity contribution is 0.176. The highest BCUT2D eigenvalue weighted by atomic mass is 16.5. The Balaban J connectivity index is 1.69. The molecule has 0 unspecified atom stereocenters. The molecule has 0 N–H and O–H groups in total. The first-order valence-electron chi connectivity index (χ1n) is 9.70. The molecule has 1 aromatic carbocycles. The third-order valence-corrected chi connectivity index (χ3v) is 5.32. The summed E-state index contributed by atoms with van der Waals surface area (Å²) in [7, 11) is 2.11. The van der Waals surface area contributed by atoms with E-state index >= 15 is 0 Å². The van der Waals surface area contributed by atoms with Gasteiger partial charge in [-0.15, -0.1) is 0 Å². The van der Waals surface area contributed by atoms with Crippen LogP contribution >= 0.6 is 0 Å². The Kier molecular flexibility index (Phi) is 6.09. The van der Waals surface area contributed by atoms with Crippen LogP contribution < -0.4 is 0 Å². The molecule has 5 heteroatoms. The van der Waals surface area contributed by atoms with Crippen molar-refractivity contribution in [3.8, 4) is 0 Å². The molecule has 1 aliphatic heterocycles. The third kappa shape index (κ3) is 4.92. The Hall–Kier alpha value is -1.72. The largest absolute Gasteiger partial charge is 0.340 e. The lowest BCUT2D eigenvalue weighted by Gasteiger charge is -2.31. The number of piperidine rings is 1. The fraction of sp³-hybridized carbons (Fsp3) is 0.619. The predicted molar refractivity (Wildman–Crippen MR) is 104 cm³/mol. The maximum absolute atomic E-state index is 5.08. The van der Waals surface area contributed by atoms with Gasteiger partial charge in [-0.3, -0.25) is 9.80 Å². The van der Waals surface area contributed by atoms with Crippen LogP contribution in [0.5, 0.6) is 0 Å². The molecule has 1 atom stereocenters. The van der Waals surface area contributed by atoms with Gasteiger partial charge in [0, 0.05) is 26.6 Å². The summed E-state index contributed by atoms with van der Waals surface area (Å²) >= 11 is 0. The van der Waals surface area contributed by atoms with Gasteiger partial charge >= 0.3 is 0 Å². The van der Waals surface area contributed by atoms with E-state index in [0.29, 0.717) is 12.4 Å². The first kappa shape index (κ1) is 19.1. The minimum Gasteiger partial charge on any atom is -0.340 e. The summed E-state index contributed by atoms with van der Waals surface area (Å²) in [6.45, 7) is 13.8. The number of aryl methyl sites for hydroxylation is 2. The summed E-state index contributed by atoms with van der Waals surface area (Å²) in [4.78, 5) is 9.17. The molecular weight excluding hydrogens is 324 g/mol. The summed E-state index contributed by atoms with van der Waals surface area (Å²) in [5.41, 5.74) is 5.63. The molecule has 0 spiro atoms. The average molecular weight is 357 g/mol. The minimum absolute atomic E-state index is 0.623. The van der Waals surface area contributed by atoms with E-state index in [0.717, 1.165) is 24.8 Å². The second kappa shape index (κ2) is 8.31. The molecule has 2 aromatic rings. The van der Waals surface area contributed by atoms with Gasteiger partial charge in [-0.2, -0.15) is 4.98 Å². The van der Waals surface area contributed by atoms with Gasteiger partial charge in [0.15, 0.2) is 5.82 Å². The van der Waals surface area contributed by atoms with Crippen LogP contribution in [-0.2, 0) is 19.6 Å². The predicted octanol–water partition coefficient (Wildman–Crippen LogP) is 3.86. The van der Waals surface area contributed by atoms with E-state index in [1.165, 1.54) is 48.2 Å². The van der Waals surface area contributed by atoms with Gasteiger partial charge in [0.05, 0.1) is 6.54 Å². The van der Waals surface area contributed by atoms with Crippen LogP contribution in [0, 0.1) is 26.7 Å². The Morgan fingerprint density at radius 1 is 1.19 bits per heavy atom. The zero-order valence-corrected chi connectivity index (χ0v) is 16.9. The molecular formula is C21H32N4O. The van der Waals surface area contributed by atoms with Crippen LogP contribution in [0.3, 0.4) is 0 Å². The normalized spacial score (nSPS) is 18.6. The highest BCUT2D eigenvalue weighted by molar-refractivity contribution is 5.38. The third-order valence-electron chi connectivity index (χ3n) is 5.32. The minimum atomic E-state index is 0.623. The van der Waals surface area contributed by atoms with Crippen LogP contribution in [0.25, 0.3) is 0 Å². The molecule has 1 aromatic heterocycles. The Morgan fingerprint density at radius 3 is 2.65 bits per heavy atom. The maximum Gasteiger partial charge on any atom is 0.223 e. The zero-order valence-electron chi connectivity index (χ0n) is 16.9. The fourth-order valence-electron chi connectivity index (χ4n) is 4.01. The van der Waals surface area contributed by atoms with Crippen molar-refractivity contribution >= 4 is 0 Å². The Morgan fingerprint density at radius 2 is 1.96 bits per heavy atom. The van der Waals surface area contributed by atoms with Crippen molar-refractivity contribution in [3.05, 3.63) is 46.1 Å². The first-order chi connectivity index (χ1) is 12.4. The highest BCUT2D eigenvalue weighted by Crippen LogP contribution is 2.23. The van der Waals surface area contributed by atoms with Crippen molar-refractivity contribution in [3.63, 3.8) is 0 Å². The monoisotopic (exact) mass is 356 g/mol. The quantitative estimate of drug-likeness (QED) is 0.786. The van der Waals surface area contributed by atoms with Gasteiger partial charge in [-0.1, -0.05) is 29.8 Å². The number of rotatable bonds is 6. The van der Waals surface area contributed by atoms with E-state index in [1.807, 2.05) is 6.92 Å². The van der Waals surface area contributed by atoms with Gasteiger partial charge in [0.25, 0.3) is 0 Å². The average Bonchev–Trinajstić information content (AvgIpc) is 2.96. The van der Waals surface area contributed by atoms with Crippen molar-refractivity contribution < 1.29 is 4.52 Å². The van der Waals surface area contributed by atoms with E-state index in [9.17, 15) is 0 Å². The Bertz CT molecular complexity index is 740. The second-order valence-electron chi connectivity index (χ2n) is 8.09. The number of hydrogen-bond donors (Lipinski definition) is 0. The van der Waals surface area contributed by atoms with Gasteiger partial charge in [0.1, 0.15) is 0 Å². The summed E-state index contributed by atoms with van der Waals surface area (Å²) in [6.07, 6.45) is 2.70. The maximum atomic E-state index is 5.08. The van der Waals surface area contributed by atoms with Crippen LogP contribution in [0.2, 0.25) is 0 Å². The molecule has 142 valence electrons. The molecule has 0 amide bonds. The molecule has 0 radical (unpaired) electrons. The van der Waals surface area contributed by atoms with E-state index < -0.39 is 0 Å². The second-order valence-corrected chi connectivity index (χ2v) is 8.09. The van der Waals surface area contributed by atoms with Gasteiger partial charge < -0.3 is 4.52 Å². The topological polar surface area (TPSA) is 45.4 Å². The molecule has 1 saturated heterocycles. The van der Waals surface area contributed by atoms with Crippen molar-refractivity contribution in [2.45, 2.75) is 60.2 Å². The molecule has 5 nitrogen and oxygen atoms in total. The highest BCUT2D eigenvalue weighted by Gasteiger charge is 2.18. The van der Waals surface area contributed by atoms with Gasteiger partial charge in [-0.05, 0) is 62.9 Å². The standard InChI is InChI=1S/C21H32N4O/c1-15-7-6-8-25(11-15)13-20-10-16(2)9-19(17(20)3)12-24(5)14-21-22-18(4)26-23-21/h9-10,15H,6-8,11-14H2,1-5H3/t15-/m0/s1. The fourth-order valence-corrected chi connectivity index (χ4v) is 4.01. The number of hydrogen-bond acceptors (Lipinski definition) is 5. The number of nitrogens with zero attached hydrogens (tertiary/aromatic N) is 4. The molecule has 0 aliphatic carbocycles. The summed E-state index contributed by atoms with van der Waals surface area (Å²) in [6, 6.07) is 4.68. The summed E-state index contributed by atoms with van der Waals surface area (Å²) < 4.78 is 5.08. The zero-order chi connectivity index (χ0) is 18.7. The molecule has 1 fully saturated rings. The number of likely N-dealkylation sites (tertiary alicyclic amines) is 1. The molecule has 2 heterocycles. The number of benzene rings is 1. The smallest absolute Gasteiger partial charge is 0.223 e. The molecule has 26 heavy (non-hydrogen) atoms. The lowest BCUT2D eigenvalue weighted by atomic mass is 9.96. The Labute approximate surface area is 157 Å². The van der Waals surface area contributed by atoms with E-state index in [-0.39, 0.29) is 0 Å². The molecule has 0 bridgehead atoms. The summed E-state index contributed by atoms with van der Waals surface area (Å²) in [5, 5.41) is 4.00. The summed E-state index contributed by atoms with van der Waals surface area (Å²) in [5.74, 6) is 2.19. The molecule has 3 rings (SSSR count). The van der Waals surface area contributed by atoms with Gasteiger partial charge in [-0.25, -0.2) is 0 Å². The molecule has 1 aliphatic rings. The van der Waals surface area contributed by atoms with E-state index in [1.54, 1.807) is 0 Å². The molecule has 0 saturated carbocycles. The van der Waals surface area contributed by atoms with Crippen LogP contribution in [0.15, 0.2) is 16.7 Å². The van der Waals surface area contributed by atoms with Crippen molar-refractivity contribution in [2.24, 2.45) is 5.92 Å². The van der Waals surface area contributed by atoms with Crippen molar-refractivity contribution in [1.29, 1.82) is 0 Å². The van der Waals surface area contributed by atoms with E-state index in [2.05, 4.69) is 59.9 Å². The van der Waals surface area contributed by atoms with Crippen molar-refractivity contribution in [1.82, 2.24) is 19.9 Å². The lowest BCUT2D eigenvalue weighted by Crippen LogP contribution is -2.34. The van der Waals surface area contributed by atoms with Crippen LogP contribution in [0.4, 0.5) is 0 Å². The van der Waals surface area contributed by atoms with Crippen LogP contribution in [0.1, 0.15) is 53.7 Å². The van der Waals surface area contributed by atoms with Crippen molar-refractivity contribution in [2.75, 3.05) is 20.1 Å². The first-order valence-corrected chi connectivity index (χ1v) is 9.70. The number of aromatic nitrogens is 2. The SMILES string of the molecule is Cc1cc(CN(C)Cc2noc(C)n2)c(C)c(CN2CCC[C@H](C)C2)c1. The van der Waals surface area contributed by atoms with Crippen LogP contribution in [-0.4, -0.2) is 40.1 Å². The van der Waals surface area contributed by atoms with Gasteiger partial charge in [0.2, 0.25) is 5.89 Å².